The molecule has 0 aliphatic carbocycles. The van der Waals surface area contributed by atoms with Crippen molar-refractivity contribution < 1.29 is 9.59 Å². The highest BCUT2D eigenvalue weighted by molar-refractivity contribution is 7.99. The molecule has 3 aromatic rings. The summed E-state index contributed by atoms with van der Waals surface area (Å²) >= 11 is 1.35. The number of benzene rings is 2. The Morgan fingerprint density at radius 3 is 2.19 bits per heavy atom. The lowest BCUT2D eigenvalue weighted by atomic mass is 10.1. The number of Topliss-reactive ketones (excluding diaryl/α,β-unsaturated/α-hetero) is 1. The minimum atomic E-state index is -0.138. The Labute approximate surface area is 193 Å². The highest BCUT2D eigenvalue weighted by Gasteiger charge is 2.15. The van der Waals surface area contributed by atoms with Crippen molar-refractivity contribution in [1.29, 1.82) is 0 Å². The van der Waals surface area contributed by atoms with E-state index in [0.29, 0.717) is 23.0 Å². The summed E-state index contributed by atoms with van der Waals surface area (Å²) in [6.45, 7) is 10.5. The summed E-state index contributed by atoms with van der Waals surface area (Å²) in [7, 11) is 0. The minimum absolute atomic E-state index is 0.00386. The highest BCUT2D eigenvalue weighted by atomic mass is 32.2. The standard InChI is InChI=1S/C24H29N5O2S/c1-5-28(6-2)21-14-10-19(11-15-21)23-26-27-24(29(23)7-3)32-16-22(31)25-20-12-8-18(9-13-20)17(4)30/h8-15H,5-7,16H2,1-4H3,(H,25,31). The molecule has 1 N–H and O–H groups in total. The van der Waals surface area contributed by atoms with Crippen molar-refractivity contribution in [2.24, 2.45) is 0 Å². The second-order valence-corrected chi connectivity index (χ2v) is 8.18. The highest BCUT2D eigenvalue weighted by Crippen LogP contribution is 2.26. The zero-order valence-corrected chi connectivity index (χ0v) is 19.8. The fourth-order valence-electron chi connectivity index (χ4n) is 3.42. The van der Waals surface area contributed by atoms with Crippen LogP contribution in [0.15, 0.2) is 53.7 Å². The van der Waals surface area contributed by atoms with Crippen LogP contribution in [0.5, 0.6) is 0 Å². The molecular formula is C24H29N5O2S. The first kappa shape index (κ1) is 23.5. The number of ketones is 1. The maximum absolute atomic E-state index is 12.4. The van der Waals surface area contributed by atoms with Crippen LogP contribution in [0.1, 0.15) is 38.1 Å². The Morgan fingerprint density at radius 1 is 0.969 bits per heavy atom. The van der Waals surface area contributed by atoms with Crippen molar-refractivity contribution in [3.63, 3.8) is 0 Å². The Balaban J connectivity index is 1.65. The van der Waals surface area contributed by atoms with Gasteiger partial charge in [0, 0.05) is 42.1 Å². The van der Waals surface area contributed by atoms with Crippen LogP contribution in [0.4, 0.5) is 11.4 Å². The van der Waals surface area contributed by atoms with Gasteiger partial charge in [0.05, 0.1) is 5.75 Å². The van der Waals surface area contributed by atoms with E-state index in [0.717, 1.165) is 24.5 Å². The van der Waals surface area contributed by atoms with Crippen molar-refractivity contribution >= 4 is 34.8 Å². The van der Waals surface area contributed by atoms with Crippen LogP contribution in [-0.4, -0.2) is 45.3 Å². The van der Waals surface area contributed by atoms with Gasteiger partial charge in [-0.25, -0.2) is 0 Å². The number of aromatic nitrogens is 3. The predicted molar refractivity (Wildman–Crippen MR) is 130 cm³/mol. The Kier molecular flexibility index (Phi) is 8.05. The molecule has 0 unspecified atom stereocenters. The van der Waals surface area contributed by atoms with Crippen LogP contribution >= 0.6 is 11.8 Å². The number of amides is 1. The van der Waals surface area contributed by atoms with E-state index in [4.69, 9.17) is 0 Å². The molecule has 0 aliphatic heterocycles. The molecule has 168 valence electrons. The average molecular weight is 452 g/mol. The number of carbonyl (C=O) groups is 2. The Hall–Kier alpha value is -3.13. The molecule has 1 amide bonds. The van der Waals surface area contributed by atoms with Gasteiger partial charge < -0.3 is 14.8 Å². The molecule has 0 aliphatic rings. The number of hydrogen-bond donors (Lipinski definition) is 1. The molecule has 1 heterocycles. The van der Waals surface area contributed by atoms with Gasteiger partial charge in [-0.05, 0) is 76.2 Å². The summed E-state index contributed by atoms with van der Waals surface area (Å²) in [5.74, 6) is 0.867. The molecule has 7 nitrogen and oxygen atoms in total. The zero-order valence-electron chi connectivity index (χ0n) is 19.0. The van der Waals surface area contributed by atoms with Crippen LogP contribution < -0.4 is 10.2 Å². The summed E-state index contributed by atoms with van der Waals surface area (Å²) < 4.78 is 2.02. The summed E-state index contributed by atoms with van der Waals surface area (Å²) in [6, 6.07) is 15.2. The van der Waals surface area contributed by atoms with Crippen LogP contribution in [0.25, 0.3) is 11.4 Å². The van der Waals surface area contributed by atoms with Crippen LogP contribution in [0.2, 0.25) is 0 Å². The molecular weight excluding hydrogens is 422 g/mol. The molecule has 0 fully saturated rings. The molecule has 3 rings (SSSR count). The first-order chi connectivity index (χ1) is 15.5. The van der Waals surface area contributed by atoms with E-state index < -0.39 is 0 Å². The smallest absolute Gasteiger partial charge is 0.234 e. The van der Waals surface area contributed by atoms with Crippen molar-refractivity contribution in [3.8, 4) is 11.4 Å². The molecule has 8 heteroatoms. The monoisotopic (exact) mass is 451 g/mol. The first-order valence-corrected chi connectivity index (χ1v) is 11.8. The second kappa shape index (κ2) is 10.9. The summed E-state index contributed by atoms with van der Waals surface area (Å²) in [4.78, 5) is 26.0. The van der Waals surface area contributed by atoms with Crippen molar-refractivity contribution in [2.75, 3.05) is 29.1 Å². The second-order valence-electron chi connectivity index (χ2n) is 7.24. The maximum Gasteiger partial charge on any atom is 0.234 e. The number of hydrogen-bond acceptors (Lipinski definition) is 6. The van der Waals surface area contributed by atoms with E-state index in [1.54, 1.807) is 24.3 Å². The molecule has 1 aromatic heterocycles. The van der Waals surface area contributed by atoms with Gasteiger partial charge in [0.2, 0.25) is 5.91 Å². The largest absolute Gasteiger partial charge is 0.372 e. The van der Waals surface area contributed by atoms with E-state index in [-0.39, 0.29) is 17.4 Å². The van der Waals surface area contributed by atoms with E-state index >= 15 is 0 Å². The number of nitrogens with zero attached hydrogens (tertiary/aromatic N) is 4. The lowest BCUT2D eigenvalue weighted by Crippen LogP contribution is -2.21. The van der Waals surface area contributed by atoms with Gasteiger partial charge in [0.1, 0.15) is 0 Å². The molecule has 0 atom stereocenters. The van der Waals surface area contributed by atoms with Crippen LogP contribution in [0, 0.1) is 0 Å². The third-order valence-corrected chi connectivity index (χ3v) is 6.16. The summed E-state index contributed by atoms with van der Waals surface area (Å²) in [6.07, 6.45) is 0. The van der Waals surface area contributed by atoms with Gasteiger partial charge in [-0.2, -0.15) is 0 Å². The summed E-state index contributed by atoms with van der Waals surface area (Å²) in [5, 5.41) is 12.2. The number of nitrogens with one attached hydrogen (secondary N) is 1. The fourth-order valence-corrected chi connectivity index (χ4v) is 4.22. The fraction of sp³-hybridized carbons (Fsp3) is 0.333. The number of anilines is 2. The van der Waals surface area contributed by atoms with Gasteiger partial charge in [0.25, 0.3) is 0 Å². The maximum atomic E-state index is 12.4. The topological polar surface area (TPSA) is 80.1 Å². The van der Waals surface area contributed by atoms with Gasteiger partial charge in [-0.1, -0.05) is 11.8 Å². The van der Waals surface area contributed by atoms with Crippen molar-refractivity contribution in [1.82, 2.24) is 14.8 Å². The van der Waals surface area contributed by atoms with Crippen LogP contribution in [0.3, 0.4) is 0 Å². The Morgan fingerprint density at radius 2 is 1.62 bits per heavy atom. The summed E-state index contributed by atoms with van der Waals surface area (Å²) in [5.41, 5.74) is 3.46. The zero-order chi connectivity index (χ0) is 23.1. The van der Waals surface area contributed by atoms with Gasteiger partial charge in [-0.15, -0.1) is 10.2 Å². The molecule has 2 aromatic carbocycles. The first-order valence-electron chi connectivity index (χ1n) is 10.8. The number of rotatable bonds is 10. The van der Waals surface area contributed by atoms with E-state index in [9.17, 15) is 9.59 Å². The van der Waals surface area contributed by atoms with Crippen molar-refractivity contribution in [2.45, 2.75) is 39.4 Å². The van der Waals surface area contributed by atoms with Gasteiger partial charge in [-0.3, -0.25) is 9.59 Å². The third-order valence-electron chi connectivity index (χ3n) is 5.19. The third kappa shape index (κ3) is 5.56. The SMILES string of the molecule is CCN(CC)c1ccc(-c2nnc(SCC(=O)Nc3ccc(C(C)=O)cc3)n2CC)cc1. The van der Waals surface area contributed by atoms with Crippen LogP contribution in [-0.2, 0) is 11.3 Å². The predicted octanol–water partition coefficient (Wildman–Crippen LogP) is 4.74. The number of thioether (sulfide) groups is 1. The van der Waals surface area contributed by atoms with Crippen molar-refractivity contribution in [3.05, 3.63) is 54.1 Å². The van der Waals surface area contributed by atoms with E-state index in [1.165, 1.54) is 24.4 Å². The van der Waals surface area contributed by atoms with E-state index in [2.05, 4.69) is 58.5 Å². The van der Waals surface area contributed by atoms with Gasteiger partial charge in [0.15, 0.2) is 16.8 Å². The minimum Gasteiger partial charge on any atom is -0.372 e. The average Bonchev–Trinajstić information content (AvgIpc) is 3.22. The molecule has 0 saturated carbocycles. The molecule has 32 heavy (non-hydrogen) atoms. The lowest BCUT2D eigenvalue weighted by molar-refractivity contribution is -0.113. The molecule has 0 saturated heterocycles. The van der Waals surface area contributed by atoms with Gasteiger partial charge >= 0.3 is 0 Å². The molecule has 0 spiro atoms. The molecule has 0 bridgehead atoms. The lowest BCUT2D eigenvalue weighted by Gasteiger charge is -2.21. The quantitative estimate of drug-likeness (QED) is 0.354. The Bertz CT molecular complexity index is 1060. The van der Waals surface area contributed by atoms with E-state index in [1.807, 2.05) is 11.5 Å². The number of carbonyl (C=O) groups excluding carboxylic acids is 2. The molecule has 0 radical (unpaired) electrons. The normalized spacial score (nSPS) is 10.8.